The van der Waals surface area contributed by atoms with Gasteiger partial charge in [-0.2, -0.15) is 0 Å². The Bertz CT molecular complexity index is 1200. The molecule has 0 spiro atoms. The average molecular weight is 390 g/mol. The summed E-state index contributed by atoms with van der Waals surface area (Å²) >= 11 is 1.34. The van der Waals surface area contributed by atoms with E-state index in [-0.39, 0.29) is 17.4 Å². The summed E-state index contributed by atoms with van der Waals surface area (Å²) in [5.41, 5.74) is 4.11. The van der Waals surface area contributed by atoms with Crippen molar-refractivity contribution >= 4 is 45.7 Å². The smallest absolute Gasteiger partial charge is 0.234 e. The van der Waals surface area contributed by atoms with Gasteiger partial charge in [-0.05, 0) is 61.2 Å². The van der Waals surface area contributed by atoms with Crippen LogP contribution in [0.3, 0.4) is 0 Å². The normalized spacial score (nSPS) is 11.1. The molecule has 6 nitrogen and oxygen atoms in total. The van der Waals surface area contributed by atoms with Crippen molar-refractivity contribution in [3.8, 4) is 0 Å². The number of thioether (sulfide) groups is 1. The van der Waals surface area contributed by atoms with Gasteiger partial charge in [-0.15, -0.1) is 10.2 Å². The zero-order chi connectivity index (χ0) is 19.7. The lowest BCUT2D eigenvalue weighted by Crippen LogP contribution is -2.14. The van der Waals surface area contributed by atoms with Gasteiger partial charge in [-0.25, -0.2) is 0 Å². The molecule has 0 aliphatic carbocycles. The molecule has 0 radical (unpaired) electrons. The number of benzene rings is 2. The van der Waals surface area contributed by atoms with E-state index in [1.807, 2.05) is 35.6 Å². The maximum absolute atomic E-state index is 12.3. The molecule has 0 aliphatic heterocycles. The zero-order valence-electron chi connectivity index (χ0n) is 15.5. The highest BCUT2D eigenvalue weighted by Gasteiger charge is 2.13. The molecule has 1 N–H and O–H groups in total. The van der Waals surface area contributed by atoms with Gasteiger partial charge >= 0.3 is 0 Å². The summed E-state index contributed by atoms with van der Waals surface area (Å²) < 4.78 is 1.99. The van der Waals surface area contributed by atoms with Gasteiger partial charge in [0, 0.05) is 11.3 Å². The maximum atomic E-state index is 12.3. The van der Waals surface area contributed by atoms with E-state index in [1.165, 1.54) is 18.7 Å². The fourth-order valence-electron chi connectivity index (χ4n) is 3.06. The molecule has 0 saturated carbocycles. The van der Waals surface area contributed by atoms with Gasteiger partial charge in [0.05, 0.1) is 11.3 Å². The van der Waals surface area contributed by atoms with Crippen LogP contribution in [0.1, 0.15) is 22.8 Å². The number of pyridine rings is 1. The molecule has 1 amide bonds. The second kappa shape index (κ2) is 7.44. The van der Waals surface area contributed by atoms with E-state index in [4.69, 9.17) is 0 Å². The number of aromatic nitrogens is 3. The molecule has 4 rings (SSSR count). The Morgan fingerprint density at radius 2 is 1.82 bits per heavy atom. The molecule has 2 heterocycles. The number of para-hydroxylation sites is 1. The molecule has 0 bridgehead atoms. The first-order valence-corrected chi connectivity index (χ1v) is 9.78. The van der Waals surface area contributed by atoms with Gasteiger partial charge in [0.2, 0.25) is 5.91 Å². The van der Waals surface area contributed by atoms with Gasteiger partial charge in [-0.3, -0.25) is 14.0 Å². The number of carbonyl (C=O) groups excluding carboxylic acids is 2. The number of rotatable bonds is 5. The van der Waals surface area contributed by atoms with Crippen LogP contribution in [0.4, 0.5) is 5.69 Å². The Balaban J connectivity index is 1.52. The molecule has 0 atom stereocenters. The topological polar surface area (TPSA) is 76.4 Å². The summed E-state index contributed by atoms with van der Waals surface area (Å²) in [6.07, 6.45) is 0. The standard InChI is InChI=1S/C21H18N4O2S/c1-13-11-16-5-3-4-6-18(16)25-20(13)23-24-21(25)28-12-19(27)22-17-9-7-15(8-10-17)14(2)26/h3-11H,12H2,1-2H3,(H,22,27). The van der Waals surface area contributed by atoms with Crippen LogP contribution in [0, 0.1) is 6.92 Å². The van der Waals surface area contributed by atoms with E-state index in [9.17, 15) is 9.59 Å². The molecule has 7 heteroatoms. The minimum atomic E-state index is -0.144. The van der Waals surface area contributed by atoms with Crippen LogP contribution < -0.4 is 5.32 Å². The maximum Gasteiger partial charge on any atom is 0.234 e. The van der Waals surface area contributed by atoms with Crippen molar-refractivity contribution in [2.45, 2.75) is 19.0 Å². The van der Waals surface area contributed by atoms with Crippen LogP contribution in [-0.4, -0.2) is 32.0 Å². The van der Waals surface area contributed by atoms with Crippen LogP contribution in [0.5, 0.6) is 0 Å². The van der Waals surface area contributed by atoms with Crippen LogP contribution in [0.25, 0.3) is 16.6 Å². The second-order valence-electron chi connectivity index (χ2n) is 6.50. The van der Waals surface area contributed by atoms with E-state index in [2.05, 4.69) is 21.6 Å². The molecule has 0 saturated heterocycles. The molecule has 0 aliphatic rings. The molecule has 28 heavy (non-hydrogen) atoms. The van der Waals surface area contributed by atoms with Crippen molar-refractivity contribution in [1.29, 1.82) is 0 Å². The van der Waals surface area contributed by atoms with Crippen molar-refractivity contribution in [2.24, 2.45) is 0 Å². The van der Waals surface area contributed by atoms with Gasteiger partial charge in [0.1, 0.15) is 0 Å². The first-order chi connectivity index (χ1) is 13.5. The predicted octanol–water partition coefficient (Wildman–Crippen LogP) is 4.12. The number of aryl methyl sites for hydroxylation is 1. The van der Waals surface area contributed by atoms with E-state index >= 15 is 0 Å². The van der Waals surface area contributed by atoms with Crippen molar-refractivity contribution in [2.75, 3.05) is 11.1 Å². The number of hydrogen-bond acceptors (Lipinski definition) is 5. The lowest BCUT2D eigenvalue weighted by atomic mass is 10.1. The Morgan fingerprint density at radius 3 is 2.57 bits per heavy atom. The Kier molecular flexibility index (Phi) is 4.83. The highest BCUT2D eigenvalue weighted by Crippen LogP contribution is 2.25. The third-order valence-electron chi connectivity index (χ3n) is 4.44. The molecular formula is C21H18N4O2S. The first kappa shape index (κ1) is 18.2. The highest BCUT2D eigenvalue weighted by atomic mass is 32.2. The highest BCUT2D eigenvalue weighted by molar-refractivity contribution is 7.99. The van der Waals surface area contributed by atoms with E-state index in [0.29, 0.717) is 16.4 Å². The summed E-state index contributed by atoms with van der Waals surface area (Å²) in [6, 6.07) is 17.0. The van der Waals surface area contributed by atoms with Gasteiger partial charge in [0.15, 0.2) is 16.6 Å². The molecule has 4 aromatic rings. The number of ketones is 1. The van der Waals surface area contributed by atoms with Gasteiger partial charge < -0.3 is 5.32 Å². The number of hydrogen-bond donors (Lipinski definition) is 1. The van der Waals surface area contributed by atoms with Crippen molar-refractivity contribution in [3.05, 3.63) is 65.7 Å². The lowest BCUT2D eigenvalue weighted by molar-refractivity contribution is -0.113. The SMILES string of the molecule is CC(=O)c1ccc(NC(=O)CSc2nnc3c(C)cc4ccccc4n23)cc1. The average Bonchev–Trinajstić information content (AvgIpc) is 3.12. The Hall–Kier alpha value is -3.19. The predicted molar refractivity (Wildman–Crippen MR) is 111 cm³/mol. The molecule has 0 unspecified atom stereocenters. The summed E-state index contributed by atoms with van der Waals surface area (Å²) in [5.74, 6) is 0.0567. The molecule has 140 valence electrons. The largest absolute Gasteiger partial charge is 0.325 e. The van der Waals surface area contributed by atoms with Crippen LogP contribution in [0.2, 0.25) is 0 Å². The second-order valence-corrected chi connectivity index (χ2v) is 7.44. The molecular weight excluding hydrogens is 372 g/mol. The Labute approximate surface area is 166 Å². The number of anilines is 1. The number of carbonyl (C=O) groups is 2. The third kappa shape index (κ3) is 3.48. The quantitative estimate of drug-likeness (QED) is 0.410. The lowest BCUT2D eigenvalue weighted by Gasteiger charge is -2.07. The van der Waals surface area contributed by atoms with Crippen LogP contribution >= 0.6 is 11.8 Å². The van der Waals surface area contributed by atoms with Crippen molar-refractivity contribution in [3.63, 3.8) is 0 Å². The van der Waals surface area contributed by atoms with E-state index in [0.717, 1.165) is 22.1 Å². The minimum Gasteiger partial charge on any atom is -0.325 e. The molecule has 0 fully saturated rings. The third-order valence-corrected chi connectivity index (χ3v) is 5.37. The first-order valence-electron chi connectivity index (χ1n) is 8.80. The van der Waals surface area contributed by atoms with Crippen molar-refractivity contribution < 1.29 is 9.59 Å². The van der Waals surface area contributed by atoms with E-state index < -0.39 is 0 Å². The summed E-state index contributed by atoms with van der Waals surface area (Å²) in [5, 5.41) is 13.2. The van der Waals surface area contributed by atoms with Gasteiger partial charge in [-0.1, -0.05) is 30.0 Å². The zero-order valence-corrected chi connectivity index (χ0v) is 16.3. The summed E-state index contributed by atoms with van der Waals surface area (Å²) in [6.45, 7) is 3.51. The molecule has 2 aromatic heterocycles. The van der Waals surface area contributed by atoms with Crippen LogP contribution in [-0.2, 0) is 4.79 Å². The number of Topliss-reactive ketones (excluding diaryl/α,β-unsaturated/α-hetero) is 1. The molecule has 2 aromatic carbocycles. The minimum absolute atomic E-state index is 0.00497. The summed E-state index contributed by atoms with van der Waals surface area (Å²) in [4.78, 5) is 23.7. The monoisotopic (exact) mass is 390 g/mol. The fraction of sp³-hybridized carbons (Fsp3) is 0.143. The number of nitrogens with zero attached hydrogens (tertiary/aromatic N) is 3. The Morgan fingerprint density at radius 1 is 1.07 bits per heavy atom. The van der Waals surface area contributed by atoms with Crippen LogP contribution in [0.15, 0.2) is 59.8 Å². The number of fused-ring (bicyclic) bond motifs is 3. The van der Waals surface area contributed by atoms with E-state index in [1.54, 1.807) is 24.3 Å². The number of nitrogens with one attached hydrogen (secondary N) is 1. The summed E-state index contributed by atoms with van der Waals surface area (Å²) in [7, 11) is 0. The fourth-order valence-corrected chi connectivity index (χ4v) is 3.81. The number of amides is 1. The van der Waals surface area contributed by atoms with Crippen molar-refractivity contribution in [1.82, 2.24) is 14.6 Å². The van der Waals surface area contributed by atoms with Gasteiger partial charge in [0.25, 0.3) is 0 Å².